The highest BCUT2D eigenvalue weighted by atomic mass is 19.1. The predicted molar refractivity (Wildman–Crippen MR) is 68.9 cm³/mol. The van der Waals surface area contributed by atoms with Crippen LogP contribution in [0.5, 0.6) is 0 Å². The van der Waals surface area contributed by atoms with Gasteiger partial charge in [-0.2, -0.15) is 0 Å². The van der Waals surface area contributed by atoms with Crippen molar-refractivity contribution in [2.24, 2.45) is 10.7 Å². The van der Waals surface area contributed by atoms with Crippen molar-refractivity contribution in [3.05, 3.63) is 36.2 Å². The second-order valence-electron chi connectivity index (χ2n) is 4.33. The molecule has 19 heavy (non-hydrogen) atoms. The van der Waals surface area contributed by atoms with Gasteiger partial charge in [0.15, 0.2) is 12.3 Å². The van der Waals surface area contributed by atoms with E-state index in [-0.39, 0.29) is 11.6 Å². The summed E-state index contributed by atoms with van der Waals surface area (Å²) in [6.07, 6.45) is 0.895. The number of ether oxygens (including phenoxy) is 1. The first-order valence-corrected chi connectivity index (χ1v) is 5.77. The number of nitrogens with two attached hydrogens (primary N) is 1. The number of nitrogens with zero attached hydrogens (tertiary/aromatic N) is 1. The molecule has 1 rings (SSSR count). The number of allylic oxidation sites excluding steroid dienone is 3. The van der Waals surface area contributed by atoms with Crippen LogP contribution in [0.1, 0.15) is 13.8 Å². The molecule has 2 N–H and O–H groups in total. The van der Waals surface area contributed by atoms with Gasteiger partial charge >= 0.3 is 0 Å². The predicted octanol–water partition coefficient (Wildman–Crippen LogP) is 2.75. The minimum absolute atomic E-state index is 0.206. The molecule has 0 amide bonds. The Morgan fingerprint density at radius 3 is 2.79 bits per heavy atom. The molecule has 1 heterocycles. The summed E-state index contributed by atoms with van der Waals surface area (Å²) in [5.41, 5.74) is 3.49. The van der Waals surface area contributed by atoms with E-state index in [1.54, 1.807) is 13.0 Å². The zero-order valence-electron chi connectivity index (χ0n) is 10.9. The number of rotatable bonds is 4. The van der Waals surface area contributed by atoms with Crippen molar-refractivity contribution in [3.63, 3.8) is 0 Å². The first-order chi connectivity index (χ1) is 8.86. The Kier molecular flexibility index (Phi) is 4.80. The molecule has 0 radical (unpaired) electrons. The van der Waals surface area contributed by atoms with Gasteiger partial charge in [0, 0.05) is 5.57 Å². The minimum atomic E-state index is -1.87. The Balaban J connectivity index is 3.14. The molecule has 106 valence electrons. The number of halogens is 3. The summed E-state index contributed by atoms with van der Waals surface area (Å²) < 4.78 is 45.5. The monoisotopic (exact) mass is 274 g/mol. The lowest BCUT2D eigenvalue weighted by atomic mass is 9.84. The minimum Gasteiger partial charge on any atom is -0.456 e. The van der Waals surface area contributed by atoms with E-state index in [2.05, 4.69) is 11.6 Å². The van der Waals surface area contributed by atoms with Crippen LogP contribution in [0.15, 0.2) is 41.2 Å². The zero-order chi connectivity index (χ0) is 14.6. The quantitative estimate of drug-likeness (QED) is 0.801. The maximum Gasteiger partial charge on any atom is 0.283 e. The van der Waals surface area contributed by atoms with E-state index >= 15 is 0 Å². The van der Waals surface area contributed by atoms with E-state index in [1.807, 2.05) is 0 Å². The SMILES string of the molecule is C=C(/C(F)=C\C=C/C)[C@@]1(C)N=C(N)O[C@H](CF)[C@@H]1F. The molecule has 0 spiro atoms. The van der Waals surface area contributed by atoms with Gasteiger partial charge in [-0.1, -0.05) is 18.7 Å². The van der Waals surface area contributed by atoms with Crippen LogP contribution in [0.3, 0.4) is 0 Å². The molecule has 0 aromatic heterocycles. The number of amidine groups is 1. The van der Waals surface area contributed by atoms with Crippen LogP contribution in [-0.4, -0.2) is 30.5 Å². The first-order valence-electron chi connectivity index (χ1n) is 5.77. The summed E-state index contributed by atoms with van der Waals surface area (Å²) in [6.45, 7) is 5.43. The third kappa shape index (κ3) is 3.00. The highest BCUT2D eigenvalue weighted by molar-refractivity contribution is 5.74. The van der Waals surface area contributed by atoms with Gasteiger partial charge in [0.2, 0.25) is 0 Å². The highest BCUT2D eigenvalue weighted by Crippen LogP contribution is 2.37. The molecule has 0 bridgehead atoms. The number of hydrogen-bond donors (Lipinski definition) is 1. The fourth-order valence-corrected chi connectivity index (χ4v) is 1.76. The lowest BCUT2D eigenvalue weighted by Gasteiger charge is -2.37. The van der Waals surface area contributed by atoms with Crippen molar-refractivity contribution in [3.8, 4) is 0 Å². The number of hydrogen-bond acceptors (Lipinski definition) is 3. The number of aliphatic imine (C=N–C) groups is 1. The van der Waals surface area contributed by atoms with Crippen molar-refractivity contribution in [2.75, 3.05) is 6.67 Å². The van der Waals surface area contributed by atoms with Crippen LogP contribution in [-0.2, 0) is 4.74 Å². The van der Waals surface area contributed by atoms with E-state index < -0.39 is 30.3 Å². The van der Waals surface area contributed by atoms with Gasteiger partial charge in [-0.15, -0.1) is 0 Å². The standard InChI is InChI=1S/C13H17F3N2O/c1-4-5-6-9(15)8(2)13(3)11(16)10(7-14)19-12(17)18-13/h4-6,10-11H,2,7H2,1,3H3,(H2,17,18)/b5-4-,9-6+/t10-,11+,13-/m1/s1. The molecular formula is C13H17F3N2O. The Bertz CT molecular complexity index is 445. The van der Waals surface area contributed by atoms with E-state index in [0.29, 0.717) is 0 Å². The van der Waals surface area contributed by atoms with Crippen LogP contribution < -0.4 is 5.73 Å². The lowest BCUT2D eigenvalue weighted by molar-refractivity contribution is 0.0176. The zero-order valence-corrected chi connectivity index (χ0v) is 10.9. The van der Waals surface area contributed by atoms with E-state index in [0.717, 1.165) is 6.08 Å². The van der Waals surface area contributed by atoms with Crippen molar-refractivity contribution >= 4 is 6.02 Å². The maximum absolute atomic E-state index is 14.2. The molecule has 3 nitrogen and oxygen atoms in total. The first kappa shape index (κ1) is 15.3. The topological polar surface area (TPSA) is 47.6 Å². The van der Waals surface area contributed by atoms with Crippen LogP contribution >= 0.6 is 0 Å². The largest absolute Gasteiger partial charge is 0.456 e. The molecule has 0 saturated heterocycles. The summed E-state index contributed by atoms with van der Waals surface area (Å²) in [5, 5.41) is 0. The molecule has 3 atom stereocenters. The fraction of sp³-hybridized carbons (Fsp3) is 0.462. The van der Waals surface area contributed by atoms with Gasteiger partial charge in [0.1, 0.15) is 18.0 Å². The molecule has 6 heteroatoms. The van der Waals surface area contributed by atoms with Crippen LogP contribution in [0.4, 0.5) is 13.2 Å². The van der Waals surface area contributed by atoms with E-state index in [1.165, 1.54) is 13.0 Å². The van der Waals surface area contributed by atoms with E-state index in [9.17, 15) is 13.2 Å². The summed E-state index contributed by atoms with van der Waals surface area (Å²) in [5.74, 6) is -0.737. The Morgan fingerprint density at radius 1 is 1.63 bits per heavy atom. The maximum atomic E-state index is 14.2. The fourth-order valence-electron chi connectivity index (χ4n) is 1.76. The Morgan fingerprint density at radius 2 is 2.26 bits per heavy atom. The molecule has 1 aliphatic heterocycles. The van der Waals surface area contributed by atoms with Crippen LogP contribution in [0.2, 0.25) is 0 Å². The number of alkyl halides is 2. The molecule has 0 unspecified atom stereocenters. The molecule has 0 aliphatic carbocycles. The van der Waals surface area contributed by atoms with Gasteiger partial charge in [0.05, 0.1) is 0 Å². The Hall–Kier alpha value is -1.72. The third-order valence-electron chi connectivity index (χ3n) is 2.96. The normalized spacial score (nSPS) is 32.1. The summed E-state index contributed by atoms with van der Waals surface area (Å²) >= 11 is 0. The van der Waals surface area contributed by atoms with Gasteiger partial charge in [-0.3, -0.25) is 0 Å². The van der Waals surface area contributed by atoms with Crippen molar-refractivity contribution in [2.45, 2.75) is 31.7 Å². The van der Waals surface area contributed by atoms with E-state index in [4.69, 9.17) is 10.5 Å². The lowest BCUT2D eigenvalue weighted by Crippen LogP contribution is -2.52. The average molecular weight is 274 g/mol. The smallest absolute Gasteiger partial charge is 0.283 e. The second kappa shape index (κ2) is 5.95. The van der Waals surface area contributed by atoms with Gasteiger partial charge < -0.3 is 10.5 Å². The second-order valence-corrected chi connectivity index (χ2v) is 4.33. The molecule has 0 aromatic carbocycles. The summed E-state index contributed by atoms with van der Waals surface area (Å²) in [7, 11) is 0. The molecule has 0 saturated carbocycles. The summed E-state index contributed by atoms with van der Waals surface area (Å²) in [6, 6.07) is -0.376. The van der Waals surface area contributed by atoms with Crippen LogP contribution in [0, 0.1) is 0 Å². The van der Waals surface area contributed by atoms with Crippen LogP contribution in [0.25, 0.3) is 0 Å². The average Bonchev–Trinajstić information content (AvgIpc) is 2.39. The molecular weight excluding hydrogens is 257 g/mol. The summed E-state index contributed by atoms with van der Waals surface area (Å²) in [4.78, 5) is 3.75. The molecule has 0 aromatic rings. The van der Waals surface area contributed by atoms with Crippen molar-refractivity contribution in [1.29, 1.82) is 0 Å². The Labute approximate surface area is 110 Å². The van der Waals surface area contributed by atoms with Gasteiger partial charge in [-0.05, 0) is 19.9 Å². The van der Waals surface area contributed by atoms with Gasteiger partial charge in [0.25, 0.3) is 6.02 Å². The van der Waals surface area contributed by atoms with Crippen molar-refractivity contribution < 1.29 is 17.9 Å². The molecule has 0 fully saturated rings. The highest BCUT2D eigenvalue weighted by Gasteiger charge is 2.48. The van der Waals surface area contributed by atoms with Crippen molar-refractivity contribution in [1.82, 2.24) is 0 Å². The third-order valence-corrected chi connectivity index (χ3v) is 2.96. The molecule has 1 aliphatic rings. The van der Waals surface area contributed by atoms with Gasteiger partial charge in [-0.25, -0.2) is 18.2 Å².